The summed E-state index contributed by atoms with van der Waals surface area (Å²) in [5, 5.41) is 20.4. The third kappa shape index (κ3) is 45.9. The molecule has 1 radical (unpaired) electrons. The number of carbonyl (C=O) groups is 2. The van der Waals surface area contributed by atoms with Crippen LogP contribution in [-0.4, -0.2) is 11.9 Å². The molecule has 0 heterocycles. The number of aliphatic carboxylic acids is 2. The van der Waals surface area contributed by atoms with Crippen LogP contribution >= 0.6 is 0 Å². The molecule has 0 rings (SSSR count). The molecule has 0 aromatic heterocycles. The molecule has 0 fully saturated rings. The van der Waals surface area contributed by atoms with Crippen LogP contribution in [0.3, 0.4) is 0 Å². The third-order valence-corrected chi connectivity index (χ3v) is 6.97. The Hall–Kier alpha value is -0.320. The molecule has 0 aliphatic rings. The van der Waals surface area contributed by atoms with E-state index in [0.29, 0.717) is 0 Å². The number of carbonyl (C=O) groups excluding carboxylic acids is 2. The maximum absolute atomic E-state index is 10.2. The normalized spacial score (nSPS) is 10.4. The Kier molecular flexibility index (Phi) is 42.1. The molecule has 225 valence electrons. The second-order valence-corrected chi connectivity index (χ2v) is 10.7. The van der Waals surface area contributed by atoms with Crippen molar-refractivity contribution < 1.29 is 42.2 Å². The van der Waals surface area contributed by atoms with Crippen LogP contribution < -0.4 is 10.2 Å². The van der Waals surface area contributed by atoms with Gasteiger partial charge in [0.1, 0.15) is 0 Å². The minimum Gasteiger partial charge on any atom is -0.550 e. The van der Waals surface area contributed by atoms with E-state index < -0.39 is 11.9 Å². The fraction of sp³-hybridized carbons (Fsp3) is 0.938. The first-order valence-electron chi connectivity index (χ1n) is 15.9. The minimum atomic E-state index is -0.905. The Balaban J connectivity index is -0.000000608. The van der Waals surface area contributed by atoms with E-state index in [-0.39, 0.29) is 35.2 Å². The molecule has 0 aromatic carbocycles. The molecular weight excluding hydrogens is 556 g/mol. The Labute approximate surface area is 247 Å². The maximum atomic E-state index is 10.2. The monoisotopic (exact) mass is 617 g/mol. The van der Waals surface area contributed by atoms with Gasteiger partial charge in [-0.1, -0.05) is 168 Å². The molecule has 0 atom stereocenters. The van der Waals surface area contributed by atoms with Crippen molar-refractivity contribution in [2.75, 3.05) is 0 Å². The summed E-state index contributed by atoms with van der Waals surface area (Å²) >= 11 is 0. The molecule has 0 amide bonds. The van der Waals surface area contributed by atoms with Gasteiger partial charge in [0, 0.05) is 11.9 Å². The topological polar surface area (TPSA) is 80.3 Å². The van der Waals surface area contributed by atoms with Gasteiger partial charge in [-0.3, -0.25) is 0 Å². The molecule has 0 saturated heterocycles. The number of hydrogen-bond donors (Lipinski definition) is 0. The first-order valence-corrected chi connectivity index (χ1v) is 15.9. The van der Waals surface area contributed by atoms with E-state index in [9.17, 15) is 19.8 Å². The van der Waals surface area contributed by atoms with Crippen LogP contribution in [0.2, 0.25) is 0 Å². The molecule has 4 nitrogen and oxygen atoms in total. The number of rotatable bonds is 28. The van der Waals surface area contributed by atoms with E-state index in [2.05, 4.69) is 13.8 Å². The first kappa shape index (κ1) is 41.2. The molecule has 37 heavy (non-hydrogen) atoms. The molecule has 0 aromatic rings. The summed E-state index contributed by atoms with van der Waals surface area (Å²) in [7, 11) is 0. The molecule has 0 bridgehead atoms. The Morgan fingerprint density at radius 3 is 0.676 bits per heavy atom. The SMILES string of the molecule is CCCCCCCCCCCCCCCC(=O)[O-].CCCCCCCCCCCCCCCC(=O)[O-].[Ag+2]. The molecule has 0 unspecified atom stereocenters. The fourth-order valence-electron chi connectivity index (χ4n) is 4.57. The smallest absolute Gasteiger partial charge is 0.550 e. The molecule has 0 saturated carbocycles. The summed E-state index contributed by atoms with van der Waals surface area (Å²) in [5.74, 6) is -1.81. The summed E-state index contributed by atoms with van der Waals surface area (Å²) < 4.78 is 0. The van der Waals surface area contributed by atoms with Gasteiger partial charge in [0.25, 0.3) is 0 Å². The van der Waals surface area contributed by atoms with Crippen molar-refractivity contribution in [3.05, 3.63) is 0 Å². The first-order chi connectivity index (χ1) is 17.5. The van der Waals surface area contributed by atoms with Crippen LogP contribution in [0.1, 0.15) is 194 Å². The second-order valence-electron chi connectivity index (χ2n) is 10.7. The summed E-state index contributed by atoms with van der Waals surface area (Å²) in [6.45, 7) is 4.51. The van der Waals surface area contributed by atoms with E-state index in [1.165, 1.54) is 141 Å². The van der Waals surface area contributed by atoms with Gasteiger partial charge < -0.3 is 19.8 Å². The number of carboxylic acid groups (broad SMARTS) is 2. The summed E-state index contributed by atoms with van der Waals surface area (Å²) in [6.07, 6.45) is 33.9. The minimum absolute atomic E-state index is 0. The summed E-state index contributed by atoms with van der Waals surface area (Å²) in [4.78, 5) is 20.4. The average Bonchev–Trinajstić information content (AvgIpc) is 2.85. The largest absolute Gasteiger partial charge is 2.00 e. The standard InChI is InChI=1S/2C16H32O2.Ag/c2*1-2-3-4-5-6-7-8-9-10-11-12-13-14-15-16(17)18;/h2*2-15H2,1H3,(H,17,18);/q;;+2/p-2. The van der Waals surface area contributed by atoms with Gasteiger partial charge in [0.15, 0.2) is 0 Å². The van der Waals surface area contributed by atoms with Crippen molar-refractivity contribution >= 4 is 11.9 Å². The van der Waals surface area contributed by atoms with Gasteiger partial charge >= 0.3 is 22.4 Å². The second kappa shape index (κ2) is 37.8. The average molecular weight is 619 g/mol. The molecule has 0 spiro atoms. The van der Waals surface area contributed by atoms with E-state index in [4.69, 9.17) is 0 Å². The maximum Gasteiger partial charge on any atom is 2.00 e. The van der Waals surface area contributed by atoms with E-state index in [1.54, 1.807) is 0 Å². The van der Waals surface area contributed by atoms with Crippen molar-refractivity contribution in [3.8, 4) is 0 Å². The van der Waals surface area contributed by atoms with E-state index in [0.717, 1.165) is 25.7 Å². The van der Waals surface area contributed by atoms with Gasteiger partial charge in [0.2, 0.25) is 0 Å². The van der Waals surface area contributed by atoms with Crippen LogP contribution in [0.25, 0.3) is 0 Å². The quantitative estimate of drug-likeness (QED) is 0.0651. The summed E-state index contributed by atoms with van der Waals surface area (Å²) in [6, 6.07) is 0. The predicted octanol–water partition coefficient (Wildman–Crippen LogP) is 8.43. The van der Waals surface area contributed by atoms with Gasteiger partial charge in [-0.2, -0.15) is 0 Å². The Bertz CT molecular complexity index is 403. The van der Waals surface area contributed by atoms with E-state index >= 15 is 0 Å². The Morgan fingerprint density at radius 1 is 0.351 bits per heavy atom. The zero-order valence-electron chi connectivity index (χ0n) is 24.7. The van der Waals surface area contributed by atoms with Crippen LogP contribution in [0.5, 0.6) is 0 Å². The number of hydrogen-bond acceptors (Lipinski definition) is 4. The number of carboxylic acids is 2. The fourth-order valence-corrected chi connectivity index (χ4v) is 4.57. The zero-order chi connectivity index (χ0) is 27.0. The third-order valence-electron chi connectivity index (χ3n) is 6.97. The Morgan fingerprint density at radius 2 is 0.514 bits per heavy atom. The van der Waals surface area contributed by atoms with Crippen LogP contribution in [0, 0.1) is 0 Å². The predicted molar refractivity (Wildman–Crippen MR) is 151 cm³/mol. The van der Waals surface area contributed by atoms with Gasteiger partial charge in [-0.15, -0.1) is 0 Å². The van der Waals surface area contributed by atoms with Crippen LogP contribution in [0.4, 0.5) is 0 Å². The molecular formula is C32H62AgO4. The molecule has 5 heteroatoms. The molecule has 0 aliphatic carbocycles. The van der Waals surface area contributed by atoms with Crippen molar-refractivity contribution in [1.82, 2.24) is 0 Å². The van der Waals surface area contributed by atoms with Crippen molar-refractivity contribution in [3.63, 3.8) is 0 Å². The zero-order valence-corrected chi connectivity index (χ0v) is 26.2. The molecule has 0 aliphatic heterocycles. The summed E-state index contributed by atoms with van der Waals surface area (Å²) in [5.41, 5.74) is 0. The van der Waals surface area contributed by atoms with E-state index in [1.807, 2.05) is 0 Å². The van der Waals surface area contributed by atoms with Gasteiger partial charge in [-0.25, -0.2) is 0 Å². The van der Waals surface area contributed by atoms with Crippen molar-refractivity contribution in [2.45, 2.75) is 194 Å². The molecule has 0 N–H and O–H groups in total. The van der Waals surface area contributed by atoms with Crippen LogP contribution in [0.15, 0.2) is 0 Å². The van der Waals surface area contributed by atoms with Gasteiger partial charge in [0.05, 0.1) is 0 Å². The van der Waals surface area contributed by atoms with Crippen LogP contribution in [-0.2, 0) is 32.0 Å². The number of unbranched alkanes of at least 4 members (excludes halogenated alkanes) is 24. The van der Waals surface area contributed by atoms with Gasteiger partial charge in [-0.05, 0) is 25.7 Å². The van der Waals surface area contributed by atoms with Crippen molar-refractivity contribution in [2.24, 2.45) is 0 Å². The van der Waals surface area contributed by atoms with Crippen molar-refractivity contribution in [1.29, 1.82) is 0 Å².